The quantitative estimate of drug-likeness (QED) is 0.445. The fourth-order valence-corrected chi connectivity index (χ4v) is 1.26. The number of thioether (sulfide) groups is 1. The Balaban J connectivity index is 1.84. The SMILES string of the molecule is CSC#CCCCC1CC1. The van der Waals surface area contributed by atoms with Gasteiger partial charge in [0.05, 0.1) is 0 Å². The highest BCUT2D eigenvalue weighted by Gasteiger charge is 2.19. The molecule has 0 nitrogen and oxygen atoms in total. The molecule has 0 amide bonds. The van der Waals surface area contributed by atoms with Gasteiger partial charge >= 0.3 is 0 Å². The molecule has 1 rings (SSSR count). The summed E-state index contributed by atoms with van der Waals surface area (Å²) in [4.78, 5) is 0. The molecule has 0 aromatic heterocycles. The van der Waals surface area contributed by atoms with Gasteiger partial charge < -0.3 is 0 Å². The van der Waals surface area contributed by atoms with E-state index in [1.165, 1.54) is 25.7 Å². The molecule has 0 unspecified atom stereocenters. The standard InChI is InChI=1S/C9H14S/c1-10-8-4-2-3-5-9-6-7-9/h9H,2-3,5-7H2,1H3. The molecule has 0 aromatic carbocycles. The zero-order chi connectivity index (χ0) is 7.23. The molecule has 0 saturated heterocycles. The molecule has 1 heteroatoms. The Morgan fingerprint density at radius 3 is 2.90 bits per heavy atom. The van der Waals surface area contributed by atoms with Gasteiger partial charge in [0.2, 0.25) is 0 Å². The summed E-state index contributed by atoms with van der Waals surface area (Å²) >= 11 is 1.61. The van der Waals surface area contributed by atoms with E-state index in [1.54, 1.807) is 11.8 Å². The van der Waals surface area contributed by atoms with Crippen molar-refractivity contribution in [3.8, 4) is 11.2 Å². The lowest BCUT2D eigenvalue weighted by molar-refractivity contribution is 0.681. The lowest BCUT2D eigenvalue weighted by Gasteiger charge is -1.89. The van der Waals surface area contributed by atoms with E-state index in [-0.39, 0.29) is 0 Å². The highest BCUT2D eigenvalue weighted by atomic mass is 32.2. The van der Waals surface area contributed by atoms with Crippen LogP contribution in [-0.2, 0) is 0 Å². The Morgan fingerprint density at radius 1 is 1.50 bits per heavy atom. The van der Waals surface area contributed by atoms with E-state index in [0.29, 0.717) is 0 Å². The first-order chi connectivity index (χ1) is 4.93. The van der Waals surface area contributed by atoms with E-state index in [2.05, 4.69) is 11.2 Å². The van der Waals surface area contributed by atoms with E-state index < -0.39 is 0 Å². The lowest BCUT2D eigenvalue weighted by atomic mass is 10.2. The number of unbranched alkanes of at least 4 members (excludes halogenated alkanes) is 1. The summed E-state index contributed by atoms with van der Waals surface area (Å²) in [5.74, 6) is 4.21. The molecule has 0 spiro atoms. The molecule has 1 aliphatic rings. The average Bonchev–Trinajstić information content (AvgIpc) is 2.71. The van der Waals surface area contributed by atoms with Crippen molar-refractivity contribution >= 4 is 11.8 Å². The second-order valence-corrected chi connectivity index (χ2v) is 3.43. The molecule has 0 aliphatic heterocycles. The molecule has 1 saturated carbocycles. The summed E-state index contributed by atoms with van der Waals surface area (Å²) in [5, 5.41) is 3.01. The van der Waals surface area contributed by atoms with E-state index in [1.807, 2.05) is 6.26 Å². The van der Waals surface area contributed by atoms with Gasteiger partial charge in [-0.15, -0.1) is 0 Å². The molecule has 0 heterocycles. The van der Waals surface area contributed by atoms with Gasteiger partial charge in [-0.2, -0.15) is 0 Å². The molecular weight excluding hydrogens is 140 g/mol. The zero-order valence-corrected chi connectivity index (χ0v) is 7.34. The van der Waals surface area contributed by atoms with Crippen molar-refractivity contribution in [3.05, 3.63) is 0 Å². The predicted octanol–water partition coefficient (Wildman–Crippen LogP) is 2.89. The normalized spacial score (nSPS) is 16.1. The summed E-state index contributed by atoms with van der Waals surface area (Å²) in [7, 11) is 0. The summed E-state index contributed by atoms with van der Waals surface area (Å²) in [6.07, 6.45) is 8.83. The minimum Gasteiger partial charge on any atom is -0.0913 e. The largest absolute Gasteiger partial charge is 0.0913 e. The highest BCUT2D eigenvalue weighted by Crippen LogP contribution is 2.33. The molecule has 0 aromatic rings. The van der Waals surface area contributed by atoms with Crippen LogP contribution in [0.2, 0.25) is 0 Å². The Morgan fingerprint density at radius 2 is 2.30 bits per heavy atom. The molecule has 10 heavy (non-hydrogen) atoms. The third-order valence-corrected chi connectivity index (χ3v) is 2.13. The molecule has 0 atom stereocenters. The van der Waals surface area contributed by atoms with E-state index in [4.69, 9.17) is 0 Å². The number of hydrogen-bond donors (Lipinski definition) is 0. The molecule has 0 bridgehead atoms. The monoisotopic (exact) mass is 154 g/mol. The maximum atomic E-state index is 3.13. The topological polar surface area (TPSA) is 0 Å². The van der Waals surface area contributed by atoms with Gasteiger partial charge in [-0.05, 0) is 30.3 Å². The van der Waals surface area contributed by atoms with E-state index >= 15 is 0 Å². The smallest absolute Gasteiger partial charge is 0.00977 e. The maximum Gasteiger partial charge on any atom is 0.00977 e. The first kappa shape index (κ1) is 8.01. The van der Waals surface area contributed by atoms with Crippen LogP contribution in [0.15, 0.2) is 0 Å². The molecule has 0 N–H and O–H groups in total. The lowest BCUT2D eigenvalue weighted by Crippen LogP contribution is -1.75. The van der Waals surface area contributed by atoms with Crippen LogP contribution in [0, 0.1) is 17.1 Å². The van der Waals surface area contributed by atoms with Crippen LogP contribution in [-0.4, -0.2) is 6.26 Å². The second kappa shape index (κ2) is 4.68. The number of rotatable bonds is 3. The molecule has 1 fully saturated rings. The molecule has 0 radical (unpaired) electrons. The molecule has 56 valence electrons. The zero-order valence-electron chi connectivity index (χ0n) is 6.52. The summed E-state index contributed by atoms with van der Waals surface area (Å²) < 4.78 is 0. The van der Waals surface area contributed by atoms with Gasteiger partial charge in [0, 0.05) is 6.42 Å². The minimum absolute atomic E-state index is 1.08. The van der Waals surface area contributed by atoms with Gasteiger partial charge in [0.15, 0.2) is 0 Å². The Kier molecular flexibility index (Phi) is 3.75. The Bertz CT molecular complexity index is 137. The van der Waals surface area contributed by atoms with Gasteiger partial charge in [0.1, 0.15) is 0 Å². The summed E-state index contributed by atoms with van der Waals surface area (Å²) in [5.41, 5.74) is 0. The second-order valence-electron chi connectivity index (χ2n) is 2.82. The van der Waals surface area contributed by atoms with Gasteiger partial charge in [-0.25, -0.2) is 0 Å². The predicted molar refractivity (Wildman–Crippen MR) is 47.9 cm³/mol. The Hall–Kier alpha value is -0.0900. The van der Waals surface area contributed by atoms with Crippen LogP contribution in [0.5, 0.6) is 0 Å². The van der Waals surface area contributed by atoms with Crippen LogP contribution in [0.3, 0.4) is 0 Å². The van der Waals surface area contributed by atoms with Crippen molar-refractivity contribution < 1.29 is 0 Å². The first-order valence-electron chi connectivity index (χ1n) is 3.94. The van der Waals surface area contributed by atoms with Gasteiger partial charge in [-0.1, -0.05) is 30.5 Å². The third kappa shape index (κ3) is 3.85. The fraction of sp³-hybridized carbons (Fsp3) is 0.778. The first-order valence-corrected chi connectivity index (χ1v) is 5.17. The third-order valence-electron chi connectivity index (χ3n) is 1.79. The molecular formula is C9H14S. The average molecular weight is 154 g/mol. The number of hydrogen-bond acceptors (Lipinski definition) is 1. The van der Waals surface area contributed by atoms with Crippen LogP contribution in [0.1, 0.15) is 32.1 Å². The fourth-order valence-electron chi connectivity index (χ4n) is 1.01. The van der Waals surface area contributed by atoms with Crippen molar-refractivity contribution in [2.45, 2.75) is 32.1 Å². The summed E-state index contributed by atoms with van der Waals surface area (Å²) in [6, 6.07) is 0. The van der Waals surface area contributed by atoms with Gasteiger partial charge in [0.25, 0.3) is 0 Å². The van der Waals surface area contributed by atoms with Crippen molar-refractivity contribution in [2.75, 3.05) is 6.26 Å². The van der Waals surface area contributed by atoms with Gasteiger partial charge in [-0.3, -0.25) is 0 Å². The van der Waals surface area contributed by atoms with E-state index in [0.717, 1.165) is 12.3 Å². The van der Waals surface area contributed by atoms with Crippen LogP contribution >= 0.6 is 11.8 Å². The van der Waals surface area contributed by atoms with Crippen LogP contribution in [0.25, 0.3) is 0 Å². The van der Waals surface area contributed by atoms with Crippen molar-refractivity contribution in [2.24, 2.45) is 5.92 Å². The van der Waals surface area contributed by atoms with Crippen LogP contribution in [0.4, 0.5) is 0 Å². The van der Waals surface area contributed by atoms with Crippen molar-refractivity contribution in [1.82, 2.24) is 0 Å². The summed E-state index contributed by atoms with van der Waals surface area (Å²) in [6.45, 7) is 0. The van der Waals surface area contributed by atoms with Crippen molar-refractivity contribution in [3.63, 3.8) is 0 Å². The van der Waals surface area contributed by atoms with Crippen LogP contribution < -0.4 is 0 Å². The van der Waals surface area contributed by atoms with Crippen molar-refractivity contribution in [1.29, 1.82) is 0 Å². The van der Waals surface area contributed by atoms with E-state index in [9.17, 15) is 0 Å². The Labute approximate surface area is 67.8 Å². The molecule has 1 aliphatic carbocycles. The maximum absolute atomic E-state index is 3.13. The minimum atomic E-state index is 1.08. The highest BCUT2D eigenvalue weighted by molar-refractivity contribution is 8.03.